The largest absolute Gasteiger partial charge is 0.312 e. The molecule has 0 aliphatic carbocycles. The second kappa shape index (κ2) is 9.74. The van der Waals surface area contributed by atoms with Crippen LogP contribution in [0, 0.1) is 23.7 Å². The van der Waals surface area contributed by atoms with E-state index in [4.69, 9.17) is 22.2 Å². The van der Waals surface area contributed by atoms with Crippen LogP contribution in [-0.2, 0) is 0 Å². The number of benzene rings is 4. The Morgan fingerprint density at radius 2 is 0.774 bits per heavy atom. The summed E-state index contributed by atoms with van der Waals surface area (Å²) in [5, 5.41) is 1.74. The molecule has 4 aromatic rings. The second-order valence-corrected chi connectivity index (χ2v) is 13.1. The Kier molecular flexibility index (Phi) is 6.61. The van der Waals surface area contributed by atoms with E-state index in [1.54, 1.807) is 0 Å². The lowest BCUT2D eigenvalue weighted by Gasteiger charge is -2.20. The predicted octanol–water partition coefficient (Wildman–Crippen LogP) is 5.52. The predicted molar refractivity (Wildman–Crippen MR) is 134 cm³/mol. The summed E-state index contributed by atoms with van der Waals surface area (Å²) < 4.78 is 0. The molecular formula is C28H18Cl2Si. The summed E-state index contributed by atoms with van der Waals surface area (Å²) in [5.41, 5.74) is 3.58. The Morgan fingerprint density at radius 1 is 0.419 bits per heavy atom. The Morgan fingerprint density at radius 3 is 1.19 bits per heavy atom. The first-order valence-corrected chi connectivity index (χ1v) is 13.9. The standard InChI is InChI=1S/C28H18Cl2Si/c29-31(30,27-17-9-7-15-25(27)21-19-23-11-3-1-4-12-23)28-18-10-8-16-26(28)22-20-24-13-5-2-6-14-24/h1-18H. The smallest absolute Gasteiger partial charge is 0.134 e. The molecule has 0 spiro atoms. The monoisotopic (exact) mass is 452 g/mol. The lowest BCUT2D eigenvalue weighted by molar-refractivity contribution is 1.63. The number of halogens is 2. The van der Waals surface area contributed by atoms with Gasteiger partial charge in [-0.1, -0.05) is 96.5 Å². The average Bonchev–Trinajstić information content (AvgIpc) is 2.83. The van der Waals surface area contributed by atoms with Crippen molar-refractivity contribution in [2.75, 3.05) is 0 Å². The third-order valence-electron chi connectivity index (χ3n) is 4.76. The first-order valence-electron chi connectivity index (χ1n) is 9.85. The van der Waals surface area contributed by atoms with E-state index >= 15 is 0 Å². The van der Waals surface area contributed by atoms with Crippen molar-refractivity contribution in [1.82, 2.24) is 0 Å². The Bertz CT molecular complexity index is 1200. The van der Waals surface area contributed by atoms with Crippen molar-refractivity contribution >= 4 is 39.2 Å². The van der Waals surface area contributed by atoms with Crippen LogP contribution in [0.1, 0.15) is 22.3 Å². The van der Waals surface area contributed by atoms with Gasteiger partial charge in [-0.05, 0) is 46.8 Å². The van der Waals surface area contributed by atoms with Gasteiger partial charge >= 0.3 is 6.69 Å². The Balaban J connectivity index is 1.76. The summed E-state index contributed by atoms with van der Waals surface area (Å²) in [6.45, 7) is -3.08. The molecule has 0 nitrogen and oxygen atoms in total. The summed E-state index contributed by atoms with van der Waals surface area (Å²) >= 11 is 14.3. The van der Waals surface area contributed by atoms with Crippen molar-refractivity contribution in [2.24, 2.45) is 0 Å². The summed E-state index contributed by atoms with van der Waals surface area (Å²) in [5.74, 6) is 13.0. The van der Waals surface area contributed by atoms with Gasteiger partial charge in [0.05, 0.1) is 0 Å². The maximum Gasteiger partial charge on any atom is 0.312 e. The zero-order valence-corrected chi connectivity index (χ0v) is 19.2. The SMILES string of the molecule is Cl[Si](Cl)(c1ccccc1C#Cc1ccccc1)c1ccccc1C#Cc1ccccc1. The highest BCUT2D eigenvalue weighted by Crippen LogP contribution is 2.19. The normalized spacial score (nSPS) is 10.4. The van der Waals surface area contributed by atoms with Crippen molar-refractivity contribution in [2.45, 2.75) is 0 Å². The second-order valence-electron chi connectivity index (χ2n) is 6.90. The van der Waals surface area contributed by atoms with Gasteiger partial charge < -0.3 is 0 Å². The first-order chi connectivity index (χ1) is 15.1. The van der Waals surface area contributed by atoms with Crippen molar-refractivity contribution in [1.29, 1.82) is 0 Å². The van der Waals surface area contributed by atoms with Gasteiger partial charge in [0.15, 0.2) is 0 Å². The molecule has 0 aliphatic heterocycles. The average molecular weight is 453 g/mol. The third kappa shape index (κ3) is 5.11. The molecule has 0 aromatic heterocycles. The molecular weight excluding hydrogens is 435 g/mol. The zero-order chi connectivity index (χ0) is 21.5. The van der Waals surface area contributed by atoms with Crippen molar-refractivity contribution in [3.05, 3.63) is 131 Å². The van der Waals surface area contributed by atoms with E-state index in [1.165, 1.54) is 0 Å². The van der Waals surface area contributed by atoms with E-state index in [0.717, 1.165) is 32.6 Å². The number of hydrogen-bond acceptors (Lipinski definition) is 0. The van der Waals surface area contributed by atoms with Crippen LogP contribution >= 0.6 is 22.2 Å². The van der Waals surface area contributed by atoms with Gasteiger partial charge in [0.1, 0.15) is 0 Å². The summed E-state index contributed by atoms with van der Waals surface area (Å²) in [7, 11) is 0. The Labute approximate surface area is 193 Å². The van der Waals surface area contributed by atoms with Gasteiger partial charge in [-0.2, -0.15) is 0 Å². The quantitative estimate of drug-likeness (QED) is 0.213. The van der Waals surface area contributed by atoms with Crippen LogP contribution in [0.5, 0.6) is 0 Å². The molecule has 0 unspecified atom stereocenters. The molecule has 0 N–H and O–H groups in total. The lowest BCUT2D eigenvalue weighted by atomic mass is 10.2. The van der Waals surface area contributed by atoms with Gasteiger partial charge in [0, 0.05) is 22.3 Å². The van der Waals surface area contributed by atoms with Crippen LogP contribution in [0.15, 0.2) is 109 Å². The molecule has 0 amide bonds. The summed E-state index contributed by atoms with van der Waals surface area (Å²) in [6.07, 6.45) is 0. The van der Waals surface area contributed by atoms with Gasteiger partial charge in [-0.15, -0.1) is 22.2 Å². The molecule has 4 rings (SSSR count). The minimum absolute atomic E-state index is 0.842. The molecule has 148 valence electrons. The minimum Gasteiger partial charge on any atom is -0.134 e. The van der Waals surface area contributed by atoms with Crippen LogP contribution in [0.25, 0.3) is 0 Å². The topological polar surface area (TPSA) is 0 Å². The van der Waals surface area contributed by atoms with Crippen molar-refractivity contribution in [3.8, 4) is 23.7 Å². The summed E-state index contributed by atoms with van der Waals surface area (Å²) in [6, 6.07) is 35.5. The fourth-order valence-corrected chi connectivity index (χ4v) is 7.05. The molecule has 0 radical (unpaired) electrons. The van der Waals surface area contributed by atoms with Gasteiger partial charge in [0.25, 0.3) is 0 Å². The van der Waals surface area contributed by atoms with Gasteiger partial charge in [-0.3, -0.25) is 0 Å². The van der Waals surface area contributed by atoms with Crippen LogP contribution in [-0.4, -0.2) is 6.69 Å². The van der Waals surface area contributed by atoms with Gasteiger partial charge in [-0.25, -0.2) is 0 Å². The highest BCUT2D eigenvalue weighted by Gasteiger charge is 2.37. The molecule has 0 saturated carbocycles. The van der Waals surface area contributed by atoms with Crippen LogP contribution in [0.4, 0.5) is 0 Å². The van der Waals surface area contributed by atoms with Gasteiger partial charge in [0.2, 0.25) is 0 Å². The highest BCUT2D eigenvalue weighted by atomic mass is 35.7. The van der Waals surface area contributed by atoms with Crippen LogP contribution in [0.2, 0.25) is 0 Å². The van der Waals surface area contributed by atoms with E-state index in [9.17, 15) is 0 Å². The van der Waals surface area contributed by atoms with E-state index in [0.29, 0.717) is 0 Å². The fourth-order valence-electron chi connectivity index (χ4n) is 3.20. The van der Waals surface area contributed by atoms with Crippen molar-refractivity contribution in [3.63, 3.8) is 0 Å². The highest BCUT2D eigenvalue weighted by molar-refractivity contribution is 7.56. The third-order valence-corrected chi connectivity index (χ3v) is 9.43. The molecule has 4 aromatic carbocycles. The molecule has 0 heterocycles. The van der Waals surface area contributed by atoms with Crippen molar-refractivity contribution < 1.29 is 0 Å². The molecule has 3 heteroatoms. The summed E-state index contributed by atoms with van der Waals surface area (Å²) in [4.78, 5) is 0. The zero-order valence-electron chi connectivity index (χ0n) is 16.6. The maximum absolute atomic E-state index is 7.13. The lowest BCUT2D eigenvalue weighted by Crippen LogP contribution is -2.51. The molecule has 0 bridgehead atoms. The molecule has 0 fully saturated rings. The Hall–Kier alpha value is -3.20. The first kappa shape index (κ1) is 21.0. The van der Waals surface area contributed by atoms with E-state index in [2.05, 4.69) is 23.7 Å². The maximum atomic E-state index is 7.13. The molecule has 31 heavy (non-hydrogen) atoms. The van der Waals surface area contributed by atoms with Crippen LogP contribution in [0.3, 0.4) is 0 Å². The minimum atomic E-state index is -3.08. The van der Waals surface area contributed by atoms with E-state index in [-0.39, 0.29) is 0 Å². The van der Waals surface area contributed by atoms with E-state index in [1.807, 2.05) is 109 Å². The molecule has 0 aliphatic rings. The van der Waals surface area contributed by atoms with E-state index < -0.39 is 6.69 Å². The molecule has 0 atom stereocenters. The fraction of sp³-hybridized carbons (Fsp3) is 0. The number of rotatable bonds is 2. The molecule has 0 saturated heterocycles. The van der Waals surface area contributed by atoms with Crippen LogP contribution < -0.4 is 10.4 Å². The number of hydrogen-bond donors (Lipinski definition) is 0.